The zero-order valence-electron chi connectivity index (χ0n) is 9.42. The Labute approximate surface area is 98.0 Å². The number of nitrogens with zero attached hydrogens (tertiary/aromatic N) is 1. The van der Waals surface area contributed by atoms with Crippen LogP contribution in [0, 0.1) is 11.8 Å². The molecule has 1 heterocycles. The van der Waals surface area contributed by atoms with Gasteiger partial charge in [-0.3, -0.25) is 0 Å². The SMILES string of the molecule is C[I-]N1CCC(CC(=O)C(C)C)CC1. The van der Waals surface area contributed by atoms with Gasteiger partial charge in [-0.15, -0.1) is 0 Å². The van der Waals surface area contributed by atoms with Crippen molar-refractivity contribution < 1.29 is 26.3 Å². The topological polar surface area (TPSA) is 20.3 Å². The molecular formula is C11H21INO-. The number of halogens is 1. The number of alkyl halides is 1. The monoisotopic (exact) mass is 310 g/mol. The molecule has 1 rings (SSSR count). The summed E-state index contributed by atoms with van der Waals surface area (Å²) >= 11 is 0.281. The molecule has 0 unspecified atom stereocenters. The average molecular weight is 310 g/mol. The second kappa shape index (κ2) is 6.05. The van der Waals surface area contributed by atoms with E-state index in [-0.39, 0.29) is 27.4 Å². The van der Waals surface area contributed by atoms with E-state index in [0.717, 1.165) is 6.42 Å². The second-order valence-corrected chi connectivity index (χ2v) is 6.68. The van der Waals surface area contributed by atoms with Gasteiger partial charge in [0.25, 0.3) is 0 Å². The number of hydrogen-bond acceptors (Lipinski definition) is 2. The predicted octanol–water partition coefficient (Wildman–Crippen LogP) is -1.05. The molecule has 0 aromatic carbocycles. The van der Waals surface area contributed by atoms with Crippen molar-refractivity contribution in [3.63, 3.8) is 0 Å². The Morgan fingerprint density at radius 1 is 1.43 bits per heavy atom. The van der Waals surface area contributed by atoms with Crippen molar-refractivity contribution in [1.29, 1.82) is 0 Å². The molecule has 0 amide bonds. The van der Waals surface area contributed by atoms with Gasteiger partial charge in [0.05, 0.1) is 0 Å². The Morgan fingerprint density at radius 2 is 2.00 bits per heavy atom. The van der Waals surface area contributed by atoms with Crippen LogP contribution in [0.1, 0.15) is 33.1 Å². The van der Waals surface area contributed by atoms with Gasteiger partial charge in [0, 0.05) is 0 Å². The van der Waals surface area contributed by atoms with Gasteiger partial charge in [-0.1, -0.05) is 0 Å². The third-order valence-corrected chi connectivity index (χ3v) is 5.26. The summed E-state index contributed by atoms with van der Waals surface area (Å²) in [7, 11) is 0. The third-order valence-electron chi connectivity index (χ3n) is 2.93. The Morgan fingerprint density at radius 3 is 2.43 bits per heavy atom. The van der Waals surface area contributed by atoms with Gasteiger partial charge >= 0.3 is 98.1 Å². The molecule has 1 aliphatic rings. The van der Waals surface area contributed by atoms with Crippen molar-refractivity contribution >= 4 is 5.78 Å². The van der Waals surface area contributed by atoms with Gasteiger partial charge in [0.15, 0.2) is 0 Å². The summed E-state index contributed by atoms with van der Waals surface area (Å²) in [6.07, 6.45) is 3.31. The van der Waals surface area contributed by atoms with E-state index in [0.29, 0.717) is 11.7 Å². The molecule has 0 bridgehead atoms. The molecule has 0 radical (unpaired) electrons. The zero-order valence-corrected chi connectivity index (χ0v) is 11.6. The van der Waals surface area contributed by atoms with Crippen molar-refractivity contribution in [3.05, 3.63) is 0 Å². The minimum atomic E-state index is 0.228. The molecule has 84 valence electrons. The Balaban J connectivity index is 2.25. The molecule has 3 heteroatoms. The molecule has 2 nitrogen and oxygen atoms in total. The summed E-state index contributed by atoms with van der Waals surface area (Å²) in [4.78, 5) is 13.9. The normalized spacial score (nSPS) is 20.6. The predicted molar refractivity (Wildman–Crippen MR) is 54.7 cm³/mol. The fraction of sp³-hybridized carbons (Fsp3) is 0.909. The zero-order chi connectivity index (χ0) is 10.6. The molecule has 1 saturated heterocycles. The van der Waals surface area contributed by atoms with Crippen LogP contribution in [0.25, 0.3) is 0 Å². The molecule has 14 heavy (non-hydrogen) atoms. The van der Waals surface area contributed by atoms with Crippen LogP contribution in [-0.2, 0) is 4.79 Å². The first-order valence-electron chi connectivity index (χ1n) is 5.41. The number of piperidine rings is 1. The van der Waals surface area contributed by atoms with Crippen LogP contribution in [0.5, 0.6) is 0 Å². The summed E-state index contributed by atoms with van der Waals surface area (Å²) in [5.41, 5.74) is 0. The molecule has 0 atom stereocenters. The summed E-state index contributed by atoms with van der Waals surface area (Å²) < 4.78 is 2.58. The molecule has 1 aliphatic heterocycles. The summed E-state index contributed by atoms with van der Waals surface area (Å²) in [6.45, 7) is 6.49. The van der Waals surface area contributed by atoms with E-state index in [1.807, 2.05) is 13.8 Å². The van der Waals surface area contributed by atoms with Crippen LogP contribution in [0.15, 0.2) is 0 Å². The number of carbonyl (C=O) groups excluding carboxylic acids is 1. The molecule has 0 N–H and O–H groups in total. The molecule has 1 fully saturated rings. The van der Waals surface area contributed by atoms with E-state index in [1.54, 1.807) is 0 Å². The first kappa shape index (κ1) is 12.4. The third kappa shape index (κ3) is 3.85. The summed E-state index contributed by atoms with van der Waals surface area (Å²) in [5, 5.41) is 0. The van der Waals surface area contributed by atoms with Crippen LogP contribution >= 0.6 is 0 Å². The van der Waals surface area contributed by atoms with Crippen molar-refractivity contribution in [2.75, 3.05) is 18.0 Å². The Hall–Kier alpha value is 0.360. The van der Waals surface area contributed by atoms with Gasteiger partial charge in [0.1, 0.15) is 0 Å². The number of rotatable bonds is 4. The molecular weight excluding hydrogens is 289 g/mol. The number of Topliss-reactive ketones (excluding diaryl/α,β-unsaturated/α-hetero) is 1. The standard InChI is InChI=1S/C11H21INO/c1-9(2)11(14)8-10-4-6-13(12-3)7-5-10/h9-10H,4-8H2,1-3H3/q-1. The van der Waals surface area contributed by atoms with Gasteiger partial charge < -0.3 is 0 Å². The maximum atomic E-state index is 11.6. The van der Waals surface area contributed by atoms with E-state index < -0.39 is 0 Å². The Bertz CT molecular complexity index is 186. The van der Waals surface area contributed by atoms with E-state index in [2.05, 4.69) is 8.04 Å². The first-order valence-corrected chi connectivity index (χ1v) is 8.53. The van der Waals surface area contributed by atoms with Crippen LogP contribution in [-0.4, -0.2) is 26.9 Å². The molecule has 0 spiro atoms. The van der Waals surface area contributed by atoms with Crippen LogP contribution in [0.2, 0.25) is 0 Å². The van der Waals surface area contributed by atoms with Crippen molar-refractivity contribution in [1.82, 2.24) is 3.11 Å². The molecule has 0 aliphatic carbocycles. The minimum absolute atomic E-state index is 0.228. The second-order valence-electron chi connectivity index (χ2n) is 4.35. The van der Waals surface area contributed by atoms with Gasteiger partial charge in [-0.2, -0.15) is 0 Å². The fourth-order valence-electron chi connectivity index (χ4n) is 1.79. The van der Waals surface area contributed by atoms with Gasteiger partial charge in [-0.25, -0.2) is 0 Å². The van der Waals surface area contributed by atoms with Crippen molar-refractivity contribution in [3.8, 4) is 0 Å². The fourth-order valence-corrected chi connectivity index (χ4v) is 3.32. The van der Waals surface area contributed by atoms with E-state index in [4.69, 9.17) is 0 Å². The van der Waals surface area contributed by atoms with Crippen LogP contribution in [0.4, 0.5) is 0 Å². The van der Waals surface area contributed by atoms with Crippen LogP contribution < -0.4 is 21.5 Å². The molecule has 0 aromatic heterocycles. The van der Waals surface area contributed by atoms with E-state index in [9.17, 15) is 4.79 Å². The molecule has 0 aromatic rings. The quantitative estimate of drug-likeness (QED) is 0.375. The van der Waals surface area contributed by atoms with Crippen LogP contribution in [0.3, 0.4) is 0 Å². The maximum absolute atomic E-state index is 11.6. The number of hydrogen-bond donors (Lipinski definition) is 0. The molecule has 0 saturated carbocycles. The van der Waals surface area contributed by atoms with Gasteiger partial charge in [-0.05, 0) is 0 Å². The average Bonchev–Trinajstić information content (AvgIpc) is 2.19. The Kier molecular flexibility index (Phi) is 5.38. The van der Waals surface area contributed by atoms with Gasteiger partial charge in [0.2, 0.25) is 0 Å². The summed E-state index contributed by atoms with van der Waals surface area (Å²) in [5.74, 6) is 1.36. The number of carbonyl (C=O) groups is 1. The summed E-state index contributed by atoms with van der Waals surface area (Å²) in [6, 6.07) is 0. The number of ketones is 1. The van der Waals surface area contributed by atoms with E-state index >= 15 is 0 Å². The van der Waals surface area contributed by atoms with Crippen molar-refractivity contribution in [2.45, 2.75) is 33.1 Å². The van der Waals surface area contributed by atoms with E-state index in [1.165, 1.54) is 25.9 Å². The first-order chi connectivity index (χ1) is 6.63. The van der Waals surface area contributed by atoms with Crippen molar-refractivity contribution in [2.24, 2.45) is 11.8 Å².